The number of aldehydes is 1. The number of amides is 1. The van der Waals surface area contributed by atoms with E-state index in [1.165, 1.54) is 0 Å². The molecule has 0 spiro atoms. The molecule has 13 heavy (non-hydrogen) atoms. The molecule has 0 saturated carbocycles. The zero-order chi connectivity index (χ0) is 9.84. The van der Waals surface area contributed by atoms with Gasteiger partial charge in [0.15, 0.2) is 6.29 Å². The van der Waals surface area contributed by atoms with E-state index in [1.54, 1.807) is 18.2 Å². The van der Waals surface area contributed by atoms with E-state index in [2.05, 4.69) is 0 Å². The predicted octanol–water partition coefficient (Wildman–Crippen LogP) is 0.411. The Morgan fingerprint density at radius 1 is 1.54 bits per heavy atom. The van der Waals surface area contributed by atoms with Gasteiger partial charge in [-0.25, -0.2) is 5.84 Å². The van der Waals surface area contributed by atoms with Crippen molar-refractivity contribution in [2.75, 3.05) is 0 Å². The van der Waals surface area contributed by atoms with Crippen LogP contribution in [-0.2, 0) is 0 Å². The minimum absolute atomic E-state index is 0.303. The first-order valence-electron chi connectivity index (χ1n) is 3.76. The van der Waals surface area contributed by atoms with Gasteiger partial charge in [0.05, 0.1) is 5.56 Å². The van der Waals surface area contributed by atoms with Crippen molar-refractivity contribution in [1.82, 2.24) is 5.43 Å². The molecule has 0 aliphatic carbocycles. The van der Waals surface area contributed by atoms with Crippen molar-refractivity contribution in [3.8, 4) is 0 Å². The maximum Gasteiger partial charge on any atom is 0.265 e. The van der Waals surface area contributed by atoms with Crippen molar-refractivity contribution < 1.29 is 9.59 Å². The summed E-state index contributed by atoms with van der Waals surface area (Å²) in [5.74, 6) is 4.51. The third kappa shape index (κ3) is 1.91. The first-order valence-corrected chi connectivity index (χ1v) is 3.76. The summed E-state index contributed by atoms with van der Waals surface area (Å²) in [6.45, 7) is 1.84. The Morgan fingerprint density at radius 3 is 2.77 bits per heavy atom. The van der Waals surface area contributed by atoms with Gasteiger partial charge in [-0.3, -0.25) is 15.0 Å². The lowest BCUT2D eigenvalue weighted by molar-refractivity contribution is 0.0948. The smallest absolute Gasteiger partial charge is 0.265 e. The highest BCUT2D eigenvalue weighted by molar-refractivity contribution is 6.01. The lowest BCUT2D eigenvalue weighted by Crippen LogP contribution is -2.30. The molecule has 0 aliphatic heterocycles. The molecular weight excluding hydrogens is 168 g/mol. The third-order valence-corrected chi connectivity index (χ3v) is 1.71. The number of nitrogens with two attached hydrogens (primary N) is 1. The van der Waals surface area contributed by atoms with Crippen molar-refractivity contribution >= 4 is 12.2 Å². The predicted molar refractivity (Wildman–Crippen MR) is 48.2 cm³/mol. The average Bonchev–Trinajstić information content (AvgIpc) is 2.16. The molecular formula is C9H10N2O2. The summed E-state index contributed by atoms with van der Waals surface area (Å²) in [6, 6.07) is 4.97. The molecule has 0 radical (unpaired) electrons. The van der Waals surface area contributed by atoms with Crippen molar-refractivity contribution in [3.05, 3.63) is 34.9 Å². The highest BCUT2D eigenvalue weighted by Gasteiger charge is 2.08. The van der Waals surface area contributed by atoms with E-state index in [-0.39, 0.29) is 0 Å². The summed E-state index contributed by atoms with van der Waals surface area (Å²) >= 11 is 0. The van der Waals surface area contributed by atoms with E-state index in [0.717, 1.165) is 5.56 Å². The van der Waals surface area contributed by atoms with Gasteiger partial charge in [0.1, 0.15) is 0 Å². The topological polar surface area (TPSA) is 72.2 Å². The number of benzene rings is 1. The largest absolute Gasteiger partial charge is 0.298 e. The number of aryl methyl sites for hydroxylation is 1. The number of hydrogen-bond donors (Lipinski definition) is 2. The van der Waals surface area contributed by atoms with Crippen LogP contribution in [0.25, 0.3) is 0 Å². The van der Waals surface area contributed by atoms with E-state index in [4.69, 9.17) is 5.84 Å². The van der Waals surface area contributed by atoms with Crippen LogP contribution in [-0.4, -0.2) is 12.2 Å². The van der Waals surface area contributed by atoms with Crippen LogP contribution in [0.5, 0.6) is 0 Å². The molecule has 68 valence electrons. The van der Waals surface area contributed by atoms with Crippen LogP contribution in [0, 0.1) is 6.92 Å². The van der Waals surface area contributed by atoms with E-state index in [9.17, 15) is 9.59 Å². The number of carbonyl (C=O) groups excluding carboxylic acids is 2. The molecule has 4 heteroatoms. The number of nitrogen functional groups attached to an aromatic ring is 1. The van der Waals surface area contributed by atoms with Crippen LogP contribution >= 0.6 is 0 Å². The number of nitrogens with one attached hydrogen (secondary N) is 1. The van der Waals surface area contributed by atoms with Crippen LogP contribution < -0.4 is 11.3 Å². The normalized spacial score (nSPS) is 9.38. The Morgan fingerprint density at radius 2 is 2.23 bits per heavy atom. The van der Waals surface area contributed by atoms with Crippen molar-refractivity contribution in [3.63, 3.8) is 0 Å². The molecule has 0 atom stereocenters. The molecule has 0 bridgehead atoms. The number of hydrogen-bond acceptors (Lipinski definition) is 3. The standard InChI is InChI=1S/C9H10N2O2/c1-6-2-3-7(5-12)8(4-6)9(13)11-10/h2-5H,10H2,1H3,(H,11,13). The van der Waals surface area contributed by atoms with Crippen LogP contribution in [0.3, 0.4) is 0 Å². The fourth-order valence-corrected chi connectivity index (χ4v) is 1.05. The highest BCUT2D eigenvalue weighted by atomic mass is 16.2. The highest BCUT2D eigenvalue weighted by Crippen LogP contribution is 2.09. The molecule has 4 nitrogen and oxygen atoms in total. The maximum absolute atomic E-state index is 11.2. The Balaban J connectivity index is 3.23. The lowest BCUT2D eigenvalue weighted by Gasteiger charge is -2.03. The van der Waals surface area contributed by atoms with Crippen molar-refractivity contribution in [1.29, 1.82) is 0 Å². The van der Waals surface area contributed by atoms with Gasteiger partial charge in [0.25, 0.3) is 5.91 Å². The monoisotopic (exact) mass is 178 g/mol. The summed E-state index contributed by atoms with van der Waals surface area (Å²) in [4.78, 5) is 21.7. The first kappa shape index (κ1) is 9.41. The zero-order valence-electron chi connectivity index (χ0n) is 7.20. The maximum atomic E-state index is 11.2. The number of rotatable bonds is 2. The fraction of sp³-hybridized carbons (Fsp3) is 0.111. The second-order valence-electron chi connectivity index (χ2n) is 2.68. The quantitative estimate of drug-likeness (QED) is 0.298. The van der Waals surface area contributed by atoms with E-state index < -0.39 is 5.91 Å². The van der Waals surface area contributed by atoms with Gasteiger partial charge in [-0.15, -0.1) is 0 Å². The molecule has 1 aromatic carbocycles. The average molecular weight is 178 g/mol. The fourth-order valence-electron chi connectivity index (χ4n) is 1.05. The molecule has 1 aromatic rings. The number of carbonyl (C=O) groups is 2. The molecule has 1 rings (SSSR count). The minimum Gasteiger partial charge on any atom is -0.298 e. The van der Waals surface area contributed by atoms with E-state index >= 15 is 0 Å². The van der Waals surface area contributed by atoms with Gasteiger partial charge in [-0.2, -0.15) is 0 Å². The van der Waals surface area contributed by atoms with Gasteiger partial charge >= 0.3 is 0 Å². The summed E-state index contributed by atoms with van der Waals surface area (Å²) in [7, 11) is 0. The SMILES string of the molecule is Cc1ccc(C=O)c(C(=O)NN)c1. The van der Waals surface area contributed by atoms with Crippen LogP contribution in [0.1, 0.15) is 26.3 Å². The second kappa shape index (κ2) is 3.82. The molecule has 0 aromatic heterocycles. The van der Waals surface area contributed by atoms with Crippen LogP contribution in [0.2, 0.25) is 0 Å². The molecule has 0 fully saturated rings. The molecule has 3 N–H and O–H groups in total. The minimum atomic E-state index is -0.453. The Bertz CT molecular complexity index is 347. The summed E-state index contributed by atoms with van der Waals surface area (Å²) in [5, 5.41) is 0. The molecule has 1 amide bonds. The molecule has 0 aliphatic rings. The second-order valence-corrected chi connectivity index (χ2v) is 2.68. The van der Waals surface area contributed by atoms with E-state index in [0.29, 0.717) is 17.4 Å². The summed E-state index contributed by atoms with van der Waals surface area (Å²) < 4.78 is 0. The van der Waals surface area contributed by atoms with Gasteiger partial charge in [-0.05, 0) is 13.0 Å². The van der Waals surface area contributed by atoms with Crippen LogP contribution in [0.4, 0.5) is 0 Å². The Hall–Kier alpha value is -1.68. The number of hydrazine groups is 1. The Labute approximate surface area is 75.7 Å². The Kier molecular flexibility index (Phi) is 2.76. The van der Waals surface area contributed by atoms with Crippen molar-refractivity contribution in [2.24, 2.45) is 5.84 Å². The first-order chi connectivity index (χ1) is 6.19. The van der Waals surface area contributed by atoms with Gasteiger partial charge in [-0.1, -0.05) is 17.7 Å². The third-order valence-electron chi connectivity index (χ3n) is 1.71. The van der Waals surface area contributed by atoms with Crippen molar-refractivity contribution in [2.45, 2.75) is 6.92 Å². The van der Waals surface area contributed by atoms with Gasteiger partial charge in [0.2, 0.25) is 0 Å². The van der Waals surface area contributed by atoms with E-state index in [1.807, 2.05) is 12.3 Å². The van der Waals surface area contributed by atoms with Gasteiger partial charge < -0.3 is 0 Å². The zero-order valence-corrected chi connectivity index (χ0v) is 7.20. The molecule has 0 unspecified atom stereocenters. The van der Waals surface area contributed by atoms with Crippen LogP contribution in [0.15, 0.2) is 18.2 Å². The molecule has 0 heterocycles. The summed E-state index contributed by atoms with van der Waals surface area (Å²) in [5.41, 5.74) is 3.54. The van der Waals surface area contributed by atoms with Gasteiger partial charge in [0, 0.05) is 5.56 Å². The molecule has 0 saturated heterocycles. The summed E-state index contributed by atoms with van der Waals surface area (Å²) in [6.07, 6.45) is 0.629. The lowest BCUT2D eigenvalue weighted by atomic mass is 10.1.